The molecule has 0 aromatic heterocycles. The minimum Gasteiger partial charge on any atom is -0.378 e. The fourth-order valence-corrected chi connectivity index (χ4v) is 5.74. The molecule has 3 aromatic rings. The fraction of sp³-hybridized carbons (Fsp3) is 0.280. The molecule has 36 heavy (non-hydrogen) atoms. The van der Waals surface area contributed by atoms with E-state index in [4.69, 9.17) is 9.66 Å². The lowest BCUT2D eigenvalue weighted by Crippen LogP contribution is -2.49. The molecule has 0 aliphatic heterocycles. The van der Waals surface area contributed by atoms with Crippen molar-refractivity contribution < 1.29 is 40.0 Å². The van der Waals surface area contributed by atoms with Crippen LogP contribution >= 0.6 is 7.92 Å². The summed E-state index contributed by atoms with van der Waals surface area (Å²) in [5, 5.41) is 6.38. The highest BCUT2D eigenvalue weighted by Crippen LogP contribution is 2.35. The van der Waals surface area contributed by atoms with Crippen LogP contribution in [0, 0.1) is 0 Å². The van der Waals surface area contributed by atoms with Crippen LogP contribution in [0.5, 0.6) is 0 Å². The van der Waals surface area contributed by atoms with Crippen molar-refractivity contribution in [3.8, 4) is 0 Å². The van der Waals surface area contributed by atoms with Gasteiger partial charge in [-0.05, 0) is 34.8 Å². The maximum absolute atomic E-state index is 12.0. The van der Waals surface area contributed by atoms with Crippen LogP contribution in [0.1, 0.15) is 26.3 Å². The Bertz CT molecular complexity index is 1170. The maximum Gasteiger partial charge on any atom is 0.421 e. The van der Waals surface area contributed by atoms with E-state index in [1.165, 1.54) is 21.5 Å². The Labute approximate surface area is 208 Å². The van der Waals surface area contributed by atoms with Crippen molar-refractivity contribution in [2.24, 2.45) is 0 Å². The highest BCUT2D eigenvalue weighted by molar-refractivity contribution is 7.86. The van der Waals surface area contributed by atoms with E-state index in [0.717, 1.165) is 0 Å². The van der Waals surface area contributed by atoms with Crippen molar-refractivity contribution in [2.75, 3.05) is 0 Å². The van der Waals surface area contributed by atoms with E-state index in [0.29, 0.717) is 0 Å². The Hall–Kier alpha value is -2.39. The number of aliphatic hydroxyl groups is 1. The van der Waals surface area contributed by atoms with Gasteiger partial charge in [0.05, 0.1) is 0 Å². The summed E-state index contributed by atoms with van der Waals surface area (Å²) in [6.07, 6.45) is -10.3. The van der Waals surface area contributed by atoms with Crippen LogP contribution in [0.2, 0.25) is 0 Å². The Balaban J connectivity index is 0.000000302. The molecular formula is C25H26F5O4PS. The molecule has 3 aromatic carbocycles. The van der Waals surface area contributed by atoms with Gasteiger partial charge < -0.3 is 5.11 Å². The summed E-state index contributed by atoms with van der Waals surface area (Å²) in [4.78, 5) is 0. The average molecular weight is 549 g/mol. The van der Waals surface area contributed by atoms with Crippen LogP contribution in [0.15, 0.2) is 84.9 Å². The van der Waals surface area contributed by atoms with Crippen molar-refractivity contribution in [1.29, 1.82) is 0 Å². The van der Waals surface area contributed by atoms with Crippen LogP contribution < -0.4 is 15.9 Å². The van der Waals surface area contributed by atoms with Crippen molar-refractivity contribution in [2.45, 2.75) is 43.7 Å². The molecule has 0 spiro atoms. The highest BCUT2D eigenvalue weighted by atomic mass is 32.2. The summed E-state index contributed by atoms with van der Waals surface area (Å²) in [7, 11) is -6.78. The molecule has 0 fully saturated rings. The summed E-state index contributed by atoms with van der Waals surface area (Å²) in [6.45, 7) is 6.79. The molecule has 0 aliphatic carbocycles. The van der Waals surface area contributed by atoms with E-state index in [1.54, 1.807) is 0 Å². The molecule has 0 bridgehead atoms. The quantitative estimate of drug-likeness (QED) is 0.263. The summed E-state index contributed by atoms with van der Waals surface area (Å²) < 4.78 is 85.1. The molecule has 0 amide bonds. The van der Waals surface area contributed by atoms with Gasteiger partial charge in [-0.3, -0.25) is 4.55 Å². The number of benzene rings is 3. The van der Waals surface area contributed by atoms with E-state index < -0.39 is 35.6 Å². The minimum atomic E-state index is -6.29. The van der Waals surface area contributed by atoms with Gasteiger partial charge in [0.2, 0.25) is 6.10 Å². The second-order valence-corrected chi connectivity index (χ2v) is 12.5. The fourth-order valence-electron chi connectivity index (χ4n) is 3.04. The van der Waals surface area contributed by atoms with Crippen molar-refractivity contribution in [3.05, 3.63) is 90.5 Å². The van der Waals surface area contributed by atoms with E-state index in [2.05, 4.69) is 106 Å². The summed E-state index contributed by atoms with van der Waals surface area (Å²) in [6, 6.07) is 30.9. The zero-order valence-corrected chi connectivity index (χ0v) is 21.3. The van der Waals surface area contributed by atoms with Crippen molar-refractivity contribution in [1.82, 2.24) is 0 Å². The lowest BCUT2D eigenvalue weighted by atomic mass is 9.87. The topological polar surface area (TPSA) is 74.6 Å². The van der Waals surface area contributed by atoms with Gasteiger partial charge in [0.1, 0.15) is 0 Å². The predicted octanol–water partition coefficient (Wildman–Crippen LogP) is 5.13. The first kappa shape index (κ1) is 29.8. The Morgan fingerprint density at radius 1 is 0.694 bits per heavy atom. The number of aliphatic hydroxyl groups excluding tert-OH is 1. The molecular weight excluding hydrogens is 522 g/mol. The van der Waals surface area contributed by atoms with E-state index in [-0.39, 0.29) is 5.41 Å². The standard InChI is InChI=1S/C22H23P.C3H3F5O4S/c1-22(2,3)18-14-16-21(17-15-18)23(19-10-6-4-7-11-19)20-12-8-5-9-13-20;4-2(5,6)1(9)3(7,8)13(10,11)12/h4-17H,1-3H3;1,9H,(H,10,11,12). The molecule has 1 atom stereocenters. The Kier molecular flexibility index (Phi) is 9.40. The van der Waals surface area contributed by atoms with Gasteiger partial charge in [-0.15, -0.1) is 0 Å². The zero-order valence-electron chi connectivity index (χ0n) is 19.6. The molecule has 11 heteroatoms. The molecule has 4 nitrogen and oxygen atoms in total. The van der Waals surface area contributed by atoms with Crippen LogP contribution in [0.25, 0.3) is 0 Å². The molecule has 0 radical (unpaired) electrons. The van der Waals surface area contributed by atoms with Gasteiger partial charge >= 0.3 is 21.5 Å². The maximum atomic E-state index is 12.0. The summed E-state index contributed by atoms with van der Waals surface area (Å²) >= 11 is 0. The molecule has 1 unspecified atom stereocenters. The number of rotatable bonds is 5. The summed E-state index contributed by atoms with van der Waals surface area (Å²) in [5.74, 6) is 0. The first-order valence-corrected chi connectivity index (χ1v) is 13.3. The third kappa shape index (κ3) is 7.56. The SMILES string of the molecule is CC(C)(C)c1ccc(P(c2ccccc2)c2ccccc2)cc1.O=S(=O)(O)C(F)(F)C(O)C(F)(F)F. The second-order valence-electron chi connectivity index (χ2n) is 8.78. The summed E-state index contributed by atoms with van der Waals surface area (Å²) in [5.41, 5.74) is 1.58. The van der Waals surface area contributed by atoms with Gasteiger partial charge in [0, 0.05) is 0 Å². The smallest absolute Gasteiger partial charge is 0.378 e. The third-order valence-corrected chi connectivity index (χ3v) is 8.35. The van der Waals surface area contributed by atoms with Gasteiger partial charge in [0.25, 0.3) is 0 Å². The molecule has 0 aliphatic rings. The lowest BCUT2D eigenvalue weighted by molar-refractivity contribution is -0.248. The Morgan fingerprint density at radius 2 is 1.06 bits per heavy atom. The van der Waals surface area contributed by atoms with Crippen molar-refractivity contribution in [3.63, 3.8) is 0 Å². The van der Waals surface area contributed by atoms with Crippen LogP contribution in [-0.2, 0) is 15.5 Å². The number of hydrogen-bond acceptors (Lipinski definition) is 3. The van der Waals surface area contributed by atoms with E-state index in [9.17, 15) is 30.4 Å². The predicted molar refractivity (Wildman–Crippen MR) is 132 cm³/mol. The molecule has 2 N–H and O–H groups in total. The Morgan fingerprint density at radius 3 is 1.33 bits per heavy atom. The van der Waals surface area contributed by atoms with Crippen LogP contribution in [0.4, 0.5) is 22.0 Å². The first-order valence-electron chi connectivity index (χ1n) is 10.6. The lowest BCUT2D eigenvalue weighted by Gasteiger charge is -2.22. The zero-order chi connectivity index (χ0) is 27.4. The second kappa shape index (κ2) is 11.3. The van der Waals surface area contributed by atoms with E-state index in [1.807, 2.05) is 0 Å². The molecule has 0 saturated heterocycles. The van der Waals surface area contributed by atoms with Gasteiger partial charge in [-0.25, -0.2) is 0 Å². The van der Waals surface area contributed by atoms with Crippen molar-refractivity contribution >= 4 is 34.0 Å². The van der Waals surface area contributed by atoms with Gasteiger partial charge in [0.15, 0.2) is 0 Å². The molecule has 196 valence electrons. The normalized spacial score (nSPS) is 13.6. The number of hydrogen-bond donors (Lipinski definition) is 2. The molecule has 3 rings (SSSR count). The minimum absolute atomic E-state index is 0.195. The largest absolute Gasteiger partial charge is 0.421 e. The van der Waals surface area contributed by atoms with Gasteiger partial charge in [-0.1, -0.05) is 106 Å². The monoisotopic (exact) mass is 548 g/mol. The number of alkyl halides is 5. The first-order chi connectivity index (χ1) is 16.5. The number of halogens is 5. The van der Waals surface area contributed by atoms with Crippen LogP contribution in [0.3, 0.4) is 0 Å². The average Bonchev–Trinajstić information content (AvgIpc) is 2.79. The van der Waals surface area contributed by atoms with Gasteiger partial charge in [-0.2, -0.15) is 30.4 Å². The molecule has 0 saturated carbocycles. The molecule has 0 heterocycles. The van der Waals surface area contributed by atoms with E-state index >= 15 is 0 Å². The highest BCUT2D eigenvalue weighted by Gasteiger charge is 2.62. The van der Waals surface area contributed by atoms with Crippen LogP contribution in [-0.4, -0.2) is 35.6 Å². The third-order valence-electron chi connectivity index (χ3n) is 4.99.